The predicted octanol–water partition coefficient (Wildman–Crippen LogP) is 2.09. The molecule has 0 aliphatic carbocycles. The molecule has 3 N–H and O–H groups in total. The molecule has 1 atom stereocenters. The number of carboxylic acid groups (broad SMARTS) is 1. The van der Waals surface area contributed by atoms with E-state index in [-0.39, 0.29) is 12.4 Å². The fourth-order valence-corrected chi connectivity index (χ4v) is 2.09. The molecule has 2 aromatic rings. The molecule has 0 spiro atoms. The van der Waals surface area contributed by atoms with Gasteiger partial charge in [0.25, 0.3) is 0 Å². The van der Waals surface area contributed by atoms with Crippen LogP contribution in [0.3, 0.4) is 0 Å². The van der Waals surface area contributed by atoms with E-state index in [1.54, 1.807) is 12.1 Å². The zero-order valence-electron chi connectivity index (χ0n) is 12.2. The first kappa shape index (κ1) is 15.7. The van der Waals surface area contributed by atoms with Crippen molar-refractivity contribution in [2.75, 3.05) is 7.11 Å². The van der Waals surface area contributed by atoms with Crippen LogP contribution < -0.4 is 5.73 Å². The second kappa shape index (κ2) is 6.87. The first-order chi connectivity index (χ1) is 10.5. The second-order valence-corrected chi connectivity index (χ2v) is 4.91. The number of nitrogens with two attached hydrogens (primary N) is 1. The predicted molar refractivity (Wildman–Crippen MR) is 82.5 cm³/mol. The number of benzene rings is 2. The minimum Gasteiger partial charge on any atom is -0.480 e. The van der Waals surface area contributed by atoms with Crippen molar-refractivity contribution < 1.29 is 19.4 Å². The zero-order chi connectivity index (χ0) is 16.1. The van der Waals surface area contributed by atoms with Gasteiger partial charge in [-0.25, -0.2) is 4.79 Å². The summed E-state index contributed by atoms with van der Waals surface area (Å²) in [7, 11) is 1.34. The van der Waals surface area contributed by atoms with Gasteiger partial charge in [-0.15, -0.1) is 0 Å². The Labute approximate surface area is 128 Å². The minimum atomic E-state index is -1.01. The Kier molecular flexibility index (Phi) is 4.91. The van der Waals surface area contributed by atoms with E-state index in [1.165, 1.54) is 7.11 Å². The normalized spacial score (nSPS) is 11.7. The molecule has 1 unspecified atom stereocenters. The van der Waals surface area contributed by atoms with E-state index in [9.17, 15) is 9.59 Å². The van der Waals surface area contributed by atoms with Gasteiger partial charge >= 0.3 is 11.9 Å². The van der Waals surface area contributed by atoms with Gasteiger partial charge in [-0.3, -0.25) is 4.79 Å². The summed E-state index contributed by atoms with van der Waals surface area (Å²) in [4.78, 5) is 22.1. The van der Waals surface area contributed by atoms with Crippen LogP contribution in [0.25, 0.3) is 11.1 Å². The summed E-state index contributed by atoms with van der Waals surface area (Å²) in [6.45, 7) is 0. The number of hydrogen-bond acceptors (Lipinski definition) is 4. The van der Waals surface area contributed by atoms with Crippen LogP contribution in [0.4, 0.5) is 0 Å². The largest absolute Gasteiger partial charge is 0.480 e. The maximum absolute atomic E-state index is 11.4. The summed E-state index contributed by atoms with van der Waals surface area (Å²) < 4.78 is 4.66. The molecular weight excluding hydrogens is 282 g/mol. The number of rotatable bonds is 5. The number of carbonyl (C=O) groups excluding carboxylic acids is 1. The van der Waals surface area contributed by atoms with Crippen molar-refractivity contribution in [1.29, 1.82) is 0 Å². The van der Waals surface area contributed by atoms with Crippen LogP contribution in [0.15, 0.2) is 48.5 Å². The molecule has 0 aromatic heterocycles. The molecule has 0 saturated carbocycles. The van der Waals surface area contributed by atoms with Gasteiger partial charge in [0.15, 0.2) is 0 Å². The molecule has 2 rings (SSSR count). The van der Waals surface area contributed by atoms with E-state index in [2.05, 4.69) is 4.74 Å². The molecule has 0 saturated heterocycles. The van der Waals surface area contributed by atoms with Gasteiger partial charge < -0.3 is 15.6 Å². The number of hydrogen-bond donors (Lipinski definition) is 2. The lowest BCUT2D eigenvalue weighted by Gasteiger charge is -2.08. The van der Waals surface area contributed by atoms with E-state index < -0.39 is 12.0 Å². The Morgan fingerprint density at radius 3 is 2.00 bits per heavy atom. The second-order valence-electron chi connectivity index (χ2n) is 4.91. The Bertz CT molecular complexity index is 662. The number of aliphatic carboxylic acids is 1. The maximum Gasteiger partial charge on any atom is 0.337 e. The molecule has 0 heterocycles. The van der Waals surface area contributed by atoms with Gasteiger partial charge in [0, 0.05) is 0 Å². The maximum atomic E-state index is 11.4. The molecule has 5 nitrogen and oxygen atoms in total. The quantitative estimate of drug-likeness (QED) is 0.825. The lowest BCUT2D eigenvalue weighted by Crippen LogP contribution is -2.32. The van der Waals surface area contributed by atoms with Gasteiger partial charge in [0.1, 0.15) is 6.04 Å². The third-order valence-corrected chi connectivity index (χ3v) is 3.37. The molecule has 0 amide bonds. The van der Waals surface area contributed by atoms with Crippen molar-refractivity contribution >= 4 is 11.9 Å². The van der Waals surface area contributed by atoms with Gasteiger partial charge in [0.2, 0.25) is 0 Å². The molecule has 2 aromatic carbocycles. The van der Waals surface area contributed by atoms with Crippen LogP contribution in [0.2, 0.25) is 0 Å². The Morgan fingerprint density at radius 1 is 1.05 bits per heavy atom. The number of methoxy groups -OCH3 is 1. The van der Waals surface area contributed by atoms with E-state index in [1.807, 2.05) is 36.4 Å². The number of carboxylic acids is 1. The summed E-state index contributed by atoms with van der Waals surface area (Å²) in [5.74, 6) is -1.38. The fraction of sp³-hybridized carbons (Fsp3) is 0.176. The molecule has 5 heteroatoms. The Balaban J connectivity index is 2.13. The van der Waals surface area contributed by atoms with Crippen molar-refractivity contribution in [1.82, 2.24) is 0 Å². The molecule has 0 fully saturated rings. The highest BCUT2D eigenvalue weighted by molar-refractivity contribution is 5.89. The van der Waals surface area contributed by atoms with E-state index in [0.29, 0.717) is 5.56 Å². The van der Waals surface area contributed by atoms with Crippen molar-refractivity contribution in [2.24, 2.45) is 5.73 Å². The highest BCUT2D eigenvalue weighted by Crippen LogP contribution is 2.21. The van der Waals surface area contributed by atoms with Crippen molar-refractivity contribution in [2.45, 2.75) is 12.5 Å². The number of ether oxygens (including phenoxy) is 1. The van der Waals surface area contributed by atoms with Crippen LogP contribution in [0.1, 0.15) is 15.9 Å². The average molecular weight is 299 g/mol. The first-order valence-electron chi connectivity index (χ1n) is 6.77. The van der Waals surface area contributed by atoms with Crippen LogP contribution in [-0.4, -0.2) is 30.2 Å². The van der Waals surface area contributed by atoms with Crippen LogP contribution >= 0.6 is 0 Å². The summed E-state index contributed by atoms with van der Waals surface area (Å²) in [5, 5.41) is 8.80. The summed E-state index contributed by atoms with van der Waals surface area (Å²) in [6, 6.07) is 13.7. The highest BCUT2D eigenvalue weighted by atomic mass is 16.5. The van der Waals surface area contributed by atoms with Crippen LogP contribution in [0.5, 0.6) is 0 Å². The van der Waals surface area contributed by atoms with Crippen molar-refractivity contribution in [3.05, 3.63) is 59.7 Å². The molecule has 0 bridgehead atoms. The topological polar surface area (TPSA) is 89.6 Å². The molecular formula is C17H17NO4. The van der Waals surface area contributed by atoms with E-state index in [4.69, 9.17) is 10.8 Å². The standard InChI is InChI=1S/C17H17NO4/c1-22-17(21)14-8-6-13(7-9-14)12-4-2-11(3-5-12)10-15(18)16(19)20/h2-9,15H,10,18H2,1H3,(H,19,20). The van der Waals surface area contributed by atoms with Gasteiger partial charge in [-0.05, 0) is 35.2 Å². The van der Waals surface area contributed by atoms with Crippen molar-refractivity contribution in [3.8, 4) is 11.1 Å². The van der Waals surface area contributed by atoms with E-state index in [0.717, 1.165) is 16.7 Å². The first-order valence-corrected chi connectivity index (χ1v) is 6.77. The molecule has 0 aliphatic rings. The van der Waals surface area contributed by atoms with Crippen LogP contribution in [0, 0.1) is 0 Å². The smallest absolute Gasteiger partial charge is 0.337 e. The zero-order valence-corrected chi connectivity index (χ0v) is 12.2. The summed E-state index contributed by atoms with van der Waals surface area (Å²) >= 11 is 0. The number of esters is 1. The Morgan fingerprint density at radius 2 is 1.55 bits per heavy atom. The third-order valence-electron chi connectivity index (χ3n) is 3.37. The van der Waals surface area contributed by atoms with Gasteiger partial charge in [0.05, 0.1) is 12.7 Å². The molecule has 114 valence electrons. The lowest BCUT2D eigenvalue weighted by molar-refractivity contribution is -0.138. The van der Waals surface area contributed by atoms with Crippen LogP contribution in [-0.2, 0) is 16.0 Å². The van der Waals surface area contributed by atoms with Gasteiger partial charge in [-0.1, -0.05) is 36.4 Å². The minimum absolute atomic E-state index is 0.289. The molecule has 0 radical (unpaired) electrons. The Hall–Kier alpha value is -2.66. The summed E-state index contributed by atoms with van der Waals surface area (Å²) in [5.41, 5.74) is 8.81. The van der Waals surface area contributed by atoms with E-state index >= 15 is 0 Å². The van der Waals surface area contributed by atoms with Crippen molar-refractivity contribution in [3.63, 3.8) is 0 Å². The fourth-order valence-electron chi connectivity index (χ4n) is 2.09. The summed E-state index contributed by atoms with van der Waals surface area (Å²) in [6.07, 6.45) is 0.289. The average Bonchev–Trinajstić information content (AvgIpc) is 2.55. The third kappa shape index (κ3) is 3.71. The highest BCUT2D eigenvalue weighted by Gasteiger charge is 2.12. The lowest BCUT2D eigenvalue weighted by atomic mass is 10.00. The van der Waals surface area contributed by atoms with Gasteiger partial charge in [-0.2, -0.15) is 0 Å². The molecule has 22 heavy (non-hydrogen) atoms. The molecule has 0 aliphatic heterocycles. The number of carbonyl (C=O) groups is 2. The monoisotopic (exact) mass is 299 g/mol. The SMILES string of the molecule is COC(=O)c1ccc(-c2ccc(CC(N)C(=O)O)cc2)cc1.